The molecule has 0 amide bonds. The summed E-state index contributed by atoms with van der Waals surface area (Å²) in [7, 11) is 0. The van der Waals surface area contributed by atoms with Gasteiger partial charge < -0.3 is 5.11 Å². The van der Waals surface area contributed by atoms with Crippen LogP contribution < -0.4 is 0 Å². The minimum absolute atomic E-state index is 0.0233. The van der Waals surface area contributed by atoms with E-state index >= 15 is 0 Å². The summed E-state index contributed by atoms with van der Waals surface area (Å²) in [6.07, 6.45) is 0. The lowest BCUT2D eigenvalue weighted by atomic mass is 10.2. The molecule has 2 aromatic heterocycles. The highest BCUT2D eigenvalue weighted by Crippen LogP contribution is 2.24. The number of H-pyrrole nitrogens is 1. The van der Waals surface area contributed by atoms with Crippen molar-refractivity contribution < 1.29 is 9.90 Å². The highest BCUT2D eigenvalue weighted by Gasteiger charge is 2.20. The number of hydrogen-bond acceptors (Lipinski definition) is 4. The average Bonchev–Trinajstić information content (AvgIpc) is 2.61. The van der Waals surface area contributed by atoms with Gasteiger partial charge in [0.1, 0.15) is 22.1 Å². The van der Waals surface area contributed by atoms with Crippen LogP contribution in [-0.2, 0) is 0 Å². The minimum atomic E-state index is -1.16. The molecule has 0 aliphatic rings. The van der Waals surface area contributed by atoms with Crippen LogP contribution in [-0.4, -0.2) is 31.5 Å². The first-order chi connectivity index (χ1) is 7.59. The van der Waals surface area contributed by atoms with Crippen LogP contribution in [0.3, 0.4) is 0 Å². The Labute approximate surface area is 95.3 Å². The summed E-state index contributed by atoms with van der Waals surface area (Å²) in [6.45, 7) is 1.78. The third kappa shape index (κ3) is 1.74. The number of carboxylic acid groups (broad SMARTS) is 1. The zero-order chi connectivity index (χ0) is 11.7. The molecule has 2 rings (SSSR count). The number of rotatable bonds is 2. The fourth-order valence-corrected chi connectivity index (χ4v) is 1.44. The molecule has 2 N–H and O–H groups in total. The second-order valence-corrected chi connectivity index (χ2v) is 3.50. The summed E-state index contributed by atoms with van der Waals surface area (Å²) in [5, 5.41) is 22.8. The van der Waals surface area contributed by atoms with Crippen molar-refractivity contribution >= 4 is 17.6 Å². The third-order valence-corrected chi connectivity index (χ3v) is 2.25. The molecular weight excluding hydrogens is 232 g/mol. The predicted octanol–water partition coefficient (Wildman–Crippen LogP) is 1.53. The van der Waals surface area contributed by atoms with E-state index in [2.05, 4.69) is 20.4 Å². The Morgan fingerprint density at radius 2 is 2.19 bits per heavy atom. The van der Waals surface area contributed by atoms with Gasteiger partial charge in [-0.15, -0.1) is 5.10 Å². The number of aryl methyl sites for hydroxylation is 1. The van der Waals surface area contributed by atoms with Gasteiger partial charge in [-0.1, -0.05) is 11.6 Å². The molecule has 0 saturated carbocycles. The van der Waals surface area contributed by atoms with Crippen molar-refractivity contribution in [3.05, 3.63) is 28.5 Å². The van der Waals surface area contributed by atoms with Gasteiger partial charge in [0.05, 0.1) is 5.69 Å². The molecule has 0 spiro atoms. The smallest absolute Gasteiger partial charge is 0.341 e. The van der Waals surface area contributed by atoms with Crippen LogP contribution in [0.2, 0.25) is 5.15 Å². The number of nitrogens with zero attached hydrogens (tertiary/aromatic N) is 3. The summed E-state index contributed by atoms with van der Waals surface area (Å²) in [4.78, 5) is 11.0. The van der Waals surface area contributed by atoms with Gasteiger partial charge in [-0.3, -0.25) is 5.10 Å². The van der Waals surface area contributed by atoms with E-state index in [1.807, 2.05) is 0 Å². The van der Waals surface area contributed by atoms with Crippen LogP contribution in [0.25, 0.3) is 11.4 Å². The monoisotopic (exact) mass is 238 g/mol. The van der Waals surface area contributed by atoms with Crippen LogP contribution in [0.4, 0.5) is 0 Å². The Balaban J connectivity index is 2.56. The number of aromatic carboxylic acids is 1. The molecule has 2 heterocycles. The quantitative estimate of drug-likeness (QED) is 0.828. The zero-order valence-corrected chi connectivity index (χ0v) is 8.99. The topological polar surface area (TPSA) is 91.8 Å². The standard InChI is InChI=1S/C9H7ClN4O2/c1-4-2-3-5(12-11-4)7-6(9(15)16)8(10)14-13-7/h2-3H,1H3,(H,13,14)(H,15,16). The maximum atomic E-state index is 11.0. The lowest BCUT2D eigenvalue weighted by Crippen LogP contribution is -1.99. The number of aromatic nitrogens is 4. The second-order valence-electron chi connectivity index (χ2n) is 3.13. The maximum Gasteiger partial charge on any atom is 0.341 e. The van der Waals surface area contributed by atoms with E-state index in [9.17, 15) is 4.79 Å². The highest BCUT2D eigenvalue weighted by molar-refractivity contribution is 6.33. The van der Waals surface area contributed by atoms with E-state index in [0.29, 0.717) is 5.69 Å². The van der Waals surface area contributed by atoms with E-state index in [0.717, 1.165) is 5.69 Å². The number of halogens is 1. The molecule has 0 radical (unpaired) electrons. The Hall–Kier alpha value is -1.95. The summed E-state index contributed by atoms with van der Waals surface area (Å²) < 4.78 is 0. The Morgan fingerprint density at radius 1 is 1.44 bits per heavy atom. The molecular formula is C9H7ClN4O2. The van der Waals surface area contributed by atoms with Gasteiger partial charge in [-0.05, 0) is 19.1 Å². The number of hydrogen-bond donors (Lipinski definition) is 2. The van der Waals surface area contributed by atoms with Crippen LogP contribution >= 0.6 is 11.6 Å². The van der Waals surface area contributed by atoms with E-state index in [-0.39, 0.29) is 16.4 Å². The van der Waals surface area contributed by atoms with Crippen molar-refractivity contribution in [3.63, 3.8) is 0 Å². The molecule has 0 bridgehead atoms. The van der Waals surface area contributed by atoms with Crippen molar-refractivity contribution in [1.82, 2.24) is 20.4 Å². The Morgan fingerprint density at radius 3 is 2.75 bits per heavy atom. The van der Waals surface area contributed by atoms with Gasteiger partial charge in [0, 0.05) is 0 Å². The van der Waals surface area contributed by atoms with Crippen LogP contribution in [0, 0.1) is 6.92 Å². The molecule has 0 aliphatic heterocycles. The van der Waals surface area contributed by atoms with Gasteiger partial charge >= 0.3 is 5.97 Å². The summed E-state index contributed by atoms with van der Waals surface area (Å²) in [5.74, 6) is -1.16. The lowest BCUT2D eigenvalue weighted by molar-refractivity contribution is 0.0698. The lowest BCUT2D eigenvalue weighted by Gasteiger charge is -1.97. The minimum Gasteiger partial charge on any atom is -0.477 e. The average molecular weight is 239 g/mol. The molecule has 2 aromatic rings. The van der Waals surface area contributed by atoms with Gasteiger partial charge in [-0.25, -0.2) is 4.79 Å². The Kier molecular flexibility index (Phi) is 2.57. The molecule has 0 atom stereocenters. The van der Waals surface area contributed by atoms with Crippen molar-refractivity contribution in [3.8, 4) is 11.4 Å². The first-order valence-electron chi connectivity index (χ1n) is 4.37. The first-order valence-corrected chi connectivity index (χ1v) is 4.75. The van der Waals surface area contributed by atoms with Crippen LogP contribution in [0.1, 0.15) is 16.1 Å². The van der Waals surface area contributed by atoms with Gasteiger partial charge in [0.2, 0.25) is 0 Å². The molecule has 0 unspecified atom stereocenters. The largest absolute Gasteiger partial charge is 0.477 e. The number of carboxylic acids is 1. The van der Waals surface area contributed by atoms with E-state index in [1.165, 1.54) is 0 Å². The van der Waals surface area contributed by atoms with E-state index < -0.39 is 5.97 Å². The first kappa shape index (κ1) is 10.6. The van der Waals surface area contributed by atoms with Crippen molar-refractivity contribution in [2.24, 2.45) is 0 Å². The molecule has 0 aromatic carbocycles. The second kappa shape index (κ2) is 3.90. The molecule has 6 nitrogen and oxygen atoms in total. The van der Waals surface area contributed by atoms with Gasteiger partial charge in [0.15, 0.2) is 0 Å². The molecule has 7 heteroatoms. The van der Waals surface area contributed by atoms with E-state index in [1.54, 1.807) is 19.1 Å². The van der Waals surface area contributed by atoms with Gasteiger partial charge in [0.25, 0.3) is 0 Å². The summed E-state index contributed by atoms with van der Waals surface area (Å²) in [6, 6.07) is 3.36. The summed E-state index contributed by atoms with van der Waals surface area (Å²) >= 11 is 5.67. The van der Waals surface area contributed by atoms with Crippen molar-refractivity contribution in [1.29, 1.82) is 0 Å². The zero-order valence-electron chi connectivity index (χ0n) is 8.23. The van der Waals surface area contributed by atoms with Gasteiger partial charge in [-0.2, -0.15) is 10.2 Å². The maximum absolute atomic E-state index is 11.0. The van der Waals surface area contributed by atoms with Crippen molar-refractivity contribution in [2.45, 2.75) is 6.92 Å². The summed E-state index contributed by atoms with van der Waals surface area (Å²) in [5.41, 5.74) is 1.19. The normalized spacial score (nSPS) is 10.4. The van der Waals surface area contributed by atoms with Crippen LogP contribution in [0.15, 0.2) is 12.1 Å². The Bertz CT molecular complexity index is 535. The molecule has 0 fully saturated rings. The van der Waals surface area contributed by atoms with Crippen molar-refractivity contribution in [2.75, 3.05) is 0 Å². The molecule has 82 valence electrons. The third-order valence-electron chi connectivity index (χ3n) is 1.98. The number of carbonyl (C=O) groups is 1. The number of nitrogens with one attached hydrogen (secondary N) is 1. The number of aromatic amines is 1. The fourth-order valence-electron chi connectivity index (χ4n) is 1.23. The van der Waals surface area contributed by atoms with Crippen LogP contribution in [0.5, 0.6) is 0 Å². The fraction of sp³-hybridized carbons (Fsp3) is 0.111. The molecule has 16 heavy (non-hydrogen) atoms. The molecule has 0 aliphatic carbocycles. The predicted molar refractivity (Wildman–Crippen MR) is 56.3 cm³/mol. The van der Waals surface area contributed by atoms with E-state index in [4.69, 9.17) is 16.7 Å². The highest BCUT2D eigenvalue weighted by atomic mass is 35.5. The molecule has 0 saturated heterocycles. The SMILES string of the molecule is Cc1ccc(-c2n[nH]c(Cl)c2C(=O)O)nn1.